The molecule has 11 nitrogen and oxygen atoms in total. The highest BCUT2D eigenvalue weighted by Crippen LogP contribution is 2.68. The zero-order valence-corrected chi connectivity index (χ0v) is 22.1. The average molecular weight is 534 g/mol. The van der Waals surface area contributed by atoms with Crippen LogP contribution in [0.1, 0.15) is 59.8 Å². The molecule has 4 rings (SSSR count). The Labute approximate surface area is 220 Å². The molecule has 0 aromatic heterocycles. The van der Waals surface area contributed by atoms with Gasteiger partial charge < -0.3 is 19.4 Å². The SMILES string of the molecule is CC(=O)OCC(=O)[C@@]1(OC(=O)CCO[N+](=O)[O-])CCC2C3C[C@H](C)C4=CC(=O)C=C[C@]4(C)C3[C@@H](O)C[C@@]21C. The summed E-state index contributed by atoms with van der Waals surface area (Å²) in [6, 6.07) is 0. The number of aliphatic hydroxyl groups is 1. The van der Waals surface area contributed by atoms with Crippen LogP contribution >= 0.6 is 0 Å². The van der Waals surface area contributed by atoms with Gasteiger partial charge in [0.05, 0.1) is 12.5 Å². The van der Waals surface area contributed by atoms with Gasteiger partial charge in [-0.15, -0.1) is 10.1 Å². The third-order valence-electron chi connectivity index (χ3n) is 9.58. The highest BCUT2D eigenvalue weighted by atomic mass is 16.9. The Morgan fingerprint density at radius 2 is 1.97 bits per heavy atom. The molecule has 3 fully saturated rings. The van der Waals surface area contributed by atoms with Crippen LogP contribution in [0.3, 0.4) is 0 Å². The van der Waals surface area contributed by atoms with Crippen LogP contribution in [0.4, 0.5) is 0 Å². The molecule has 4 aliphatic carbocycles. The summed E-state index contributed by atoms with van der Waals surface area (Å²) in [5, 5.41) is 21.1. The number of fused-ring (bicyclic) bond motifs is 5. The molecule has 0 bridgehead atoms. The first kappa shape index (κ1) is 27.9. The van der Waals surface area contributed by atoms with Crippen molar-refractivity contribution in [1.29, 1.82) is 0 Å². The molecule has 0 aromatic rings. The number of Topliss-reactive ketones (excluding diaryl/α,β-unsaturated/α-hetero) is 1. The largest absolute Gasteiger partial charge is 0.458 e. The number of rotatable bonds is 8. The molecule has 3 saturated carbocycles. The van der Waals surface area contributed by atoms with Crippen LogP contribution in [0, 0.1) is 44.6 Å². The van der Waals surface area contributed by atoms with Crippen molar-refractivity contribution in [2.75, 3.05) is 13.2 Å². The third kappa shape index (κ3) is 4.44. The number of ketones is 2. The van der Waals surface area contributed by atoms with E-state index in [1.807, 2.05) is 19.9 Å². The minimum Gasteiger partial charge on any atom is -0.458 e. The van der Waals surface area contributed by atoms with Crippen molar-refractivity contribution in [3.8, 4) is 0 Å². The minimum atomic E-state index is -1.68. The Morgan fingerprint density at radius 1 is 1.26 bits per heavy atom. The van der Waals surface area contributed by atoms with Crippen LogP contribution in [-0.4, -0.2) is 58.6 Å². The highest BCUT2D eigenvalue weighted by Gasteiger charge is 2.70. The van der Waals surface area contributed by atoms with Gasteiger partial charge >= 0.3 is 11.9 Å². The second kappa shape index (κ2) is 9.91. The van der Waals surface area contributed by atoms with E-state index >= 15 is 0 Å². The summed E-state index contributed by atoms with van der Waals surface area (Å²) in [7, 11) is 0. The van der Waals surface area contributed by atoms with Crippen LogP contribution in [-0.2, 0) is 33.5 Å². The van der Waals surface area contributed by atoms with Crippen molar-refractivity contribution in [3.05, 3.63) is 33.9 Å². The molecule has 38 heavy (non-hydrogen) atoms. The average Bonchev–Trinajstić information content (AvgIpc) is 3.10. The van der Waals surface area contributed by atoms with E-state index in [9.17, 15) is 34.4 Å². The molecular formula is C27H35NO10. The molecule has 8 atom stereocenters. The second-order valence-electron chi connectivity index (χ2n) is 11.6. The molecule has 0 spiro atoms. The molecular weight excluding hydrogens is 498 g/mol. The van der Waals surface area contributed by atoms with Gasteiger partial charge in [0.15, 0.2) is 18.0 Å². The number of ether oxygens (including phenoxy) is 2. The zero-order chi connectivity index (χ0) is 28.0. The van der Waals surface area contributed by atoms with E-state index in [0.717, 1.165) is 5.57 Å². The maximum Gasteiger partial charge on any atom is 0.308 e. The van der Waals surface area contributed by atoms with Gasteiger partial charge in [0, 0.05) is 23.7 Å². The van der Waals surface area contributed by atoms with E-state index < -0.39 is 65.0 Å². The van der Waals surface area contributed by atoms with E-state index in [1.165, 1.54) is 6.92 Å². The fourth-order valence-corrected chi connectivity index (χ4v) is 8.15. The maximum absolute atomic E-state index is 13.7. The van der Waals surface area contributed by atoms with Gasteiger partial charge in [-0.2, -0.15) is 0 Å². The molecule has 0 amide bonds. The summed E-state index contributed by atoms with van der Waals surface area (Å²) in [4.78, 5) is 64.9. The molecule has 0 saturated heterocycles. The van der Waals surface area contributed by atoms with Gasteiger partial charge in [-0.25, -0.2) is 0 Å². The van der Waals surface area contributed by atoms with Gasteiger partial charge in [-0.3, -0.25) is 19.2 Å². The molecule has 0 aliphatic heterocycles. The number of carbonyl (C=O) groups excluding carboxylic acids is 4. The summed E-state index contributed by atoms with van der Waals surface area (Å²) in [6.45, 7) is 6.01. The quantitative estimate of drug-likeness (QED) is 0.279. The summed E-state index contributed by atoms with van der Waals surface area (Å²) >= 11 is 0. The first-order chi connectivity index (χ1) is 17.7. The predicted octanol–water partition coefficient (Wildman–Crippen LogP) is 2.52. The predicted molar refractivity (Wildman–Crippen MR) is 131 cm³/mol. The van der Waals surface area contributed by atoms with E-state index in [1.54, 1.807) is 12.2 Å². The fraction of sp³-hybridized carbons (Fsp3) is 0.704. The standard InChI is InChI=1S/C27H35NO10/c1-15-11-18-19-6-9-27(22(32)14-36-16(2)29,38-23(33)7-10-37-28(34)35)26(19,4)13-21(31)24(18)25(3)8-5-17(30)12-20(15)25/h5,8,12,15,18-19,21,24,31H,6-7,9-11,13-14H2,1-4H3/t15-,18?,19?,21-,24?,25-,26-,27-/m0/s1. The Kier molecular flexibility index (Phi) is 7.28. The molecule has 11 heteroatoms. The van der Waals surface area contributed by atoms with Crippen molar-refractivity contribution in [1.82, 2.24) is 0 Å². The summed E-state index contributed by atoms with van der Waals surface area (Å²) in [5.74, 6) is -2.41. The molecule has 0 radical (unpaired) electrons. The highest BCUT2D eigenvalue weighted by molar-refractivity contribution is 6.01. The lowest BCUT2D eigenvalue weighted by Gasteiger charge is -2.61. The van der Waals surface area contributed by atoms with Gasteiger partial charge in [0.1, 0.15) is 6.61 Å². The number of carbonyl (C=O) groups is 4. The minimum absolute atomic E-state index is 0.0290. The number of nitrogens with zero attached hydrogens (tertiary/aromatic N) is 1. The van der Waals surface area contributed by atoms with E-state index in [0.29, 0.717) is 12.8 Å². The van der Waals surface area contributed by atoms with E-state index in [4.69, 9.17) is 9.47 Å². The summed E-state index contributed by atoms with van der Waals surface area (Å²) in [6.07, 6.45) is 5.39. The van der Waals surface area contributed by atoms with Gasteiger partial charge in [-0.05, 0) is 55.6 Å². The van der Waals surface area contributed by atoms with E-state index in [2.05, 4.69) is 11.8 Å². The van der Waals surface area contributed by atoms with Crippen LogP contribution in [0.5, 0.6) is 0 Å². The number of allylic oxidation sites excluding steroid dienone is 4. The van der Waals surface area contributed by atoms with Crippen molar-refractivity contribution in [3.63, 3.8) is 0 Å². The molecule has 4 aliphatic rings. The Bertz CT molecular complexity index is 1110. The molecule has 1 N–H and O–H groups in total. The Morgan fingerprint density at radius 3 is 2.63 bits per heavy atom. The maximum atomic E-state index is 13.7. The number of esters is 2. The van der Waals surface area contributed by atoms with Crippen molar-refractivity contribution >= 4 is 23.5 Å². The van der Waals surface area contributed by atoms with Crippen LogP contribution in [0.15, 0.2) is 23.8 Å². The fourth-order valence-electron chi connectivity index (χ4n) is 8.15. The smallest absolute Gasteiger partial charge is 0.308 e. The van der Waals surface area contributed by atoms with Crippen molar-refractivity contribution in [2.24, 2.45) is 34.5 Å². The zero-order valence-electron chi connectivity index (χ0n) is 22.1. The van der Waals surface area contributed by atoms with E-state index in [-0.39, 0.29) is 42.3 Å². The lowest BCUT2D eigenvalue weighted by Crippen LogP contribution is -2.63. The first-order valence-corrected chi connectivity index (χ1v) is 13.0. The molecule has 208 valence electrons. The van der Waals surface area contributed by atoms with Gasteiger partial charge in [0.25, 0.3) is 5.09 Å². The van der Waals surface area contributed by atoms with Crippen molar-refractivity contribution in [2.45, 2.75) is 71.5 Å². The van der Waals surface area contributed by atoms with Crippen LogP contribution < -0.4 is 0 Å². The number of hydrogen-bond donors (Lipinski definition) is 1. The number of hydrogen-bond acceptors (Lipinski definition) is 10. The molecule has 0 aromatic carbocycles. The van der Waals surface area contributed by atoms with Crippen LogP contribution in [0.25, 0.3) is 0 Å². The summed E-state index contributed by atoms with van der Waals surface area (Å²) < 4.78 is 10.9. The normalized spacial score (nSPS) is 39.2. The lowest BCUT2D eigenvalue weighted by molar-refractivity contribution is -0.757. The molecule has 0 heterocycles. The molecule has 3 unspecified atom stereocenters. The first-order valence-electron chi connectivity index (χ1n) is 13.0. The van der Waals surface area contributed by atoms with Gasteiger partial charge in [-0.1, -0.05) is 32.4 Å². The van der Waals surface area contributed by atoms with Crippen molar-refractivity contribution < 1.29 is 43.7 Å². The Balaban J connectivity index is 1.70. The topological polar surface area (TPSA) is 159 Å². The summed E-state index contributed by atoms with van der Waals surface area (Å²) in [5.41, 5.74) is -2.18. The number of aliphatic hydroxyl groups excluding tert-OH is 1. The lowest BCUT2D eigenvalue weighted by atomic mass is 9.44. The Hall–Kier alpha value is -3.08. The monoisotopic (exact) mass is 533 g/mol. The van der Waals surface area contributed by atoms with Gasteiger partial charge in [0.2, 0.25) is 5.78 Å². The van der Waals surface area contributed by atoms with Crippen LogP contribution in [0.2, 0.25) is 0 Å². The second-order valence-corrected chi connectivity index (χ2v) is 11.6. The third-order valence-corrected chi connectivity index (χ3v) is 9.58.